The highest BCUT2D eigenvalue weighted by molar-refractivity contribution is 6.39. The molecule has 0 unspecified atom stereocenters. The van der Waals surface area contributed by atoms with Gasteiger partial charge in [0, 0.05) is 11.6 Å². The highest BCUT2D eigenvalue weighted by Crippen LogP contribution is 2.37. The van der Waals surface area contributed by atoms with E-state index >= 15 is 0 Å². The molecule has 2 rings (SSSR count). The number of fused-ring (bicyclic) bond motifs is 1. The molecule has 1 atom stereocenters. The Morgan fingerprint density at radius 3 is 2.82 bits per heavy atom. The van der Waals surface area contributed by atoms with Crippen LogP contribution in [0.15, 0.2) is 24.4 Å². The molecule has 0 saturated heterocycles. The number of ether oxygens (including phenoxy) is 1. The monoisotopic (exact) mass is 269 g/mol. The third-order valence-corrected chi connectivity index (χ3v) is 3.24. The lowest BCUT2D eigenvalue weighted by molar-refractivity contribution is 0.220. The lowest BCUT2D eigenvalue weighted by Gasteiger charge is -2.16. The zero-order chi connectivity index (χ0) is 12.4. The Morgan fingerprint density at radius 2 is 2.12 bits per heavy atom. The van der Waals surface area contributed by atoms with Crippen molar-refractivity contribution >= 4 is 34.1 Å². The zero-order valence-electron chi connectivity index (χ0n) is 9.71. The average Bonchev–Trinajstić information content (AvgIpc) is 2.34. The number of hydrogen-bond donors (Lipinski definition) is 0. The maximum absolute atomic E-state index is 6.16. The van der Waals surface area contributed by atoms with Crippen LogP contribution in [-0.2, 0) is 0 Å². The Kier molecular flexibility index (Phi) is 3.75. The number of aromatic nitrogens is 1. The summed E-state index contributed by atoms with van der Waals surface area (Å²) in [6, 6.07) is 5.45. The number of rotatable bonds is 3. The third-order valence-electron chi connectivity index (χ3n) is 2.64. The van der Waals surface area contributed by atoms with Gasteiger partial charge in [0.25, 0.3) is 0 Å². The van der Waals surface area contributed by atoms with E-state index in [9.17, 15) is 0 Å². The van der Waals surface area contributed by atoms with E-state index in [4.69, 9.17) is 27.9 Å². The molecule has 90 valence electrons. The fourth-order valence-electron chi connectivity index (χ4n) is 1.54. The molecule has 0 aliphatic rings. The Bertz CT molecular complexity index is 542. The SMILES string of the molecule is CC[C@@H](C)Oc1c(Cl)cc(Cl)c2cccnc12. The molecular weight excluding hydrogens is 257 g/mol. The van der Waals surface area contributed by atoms with Crippen LogP contribution in [0.25, 0.3) is 10.9 Å². The molecular formula is C13H13Cl2NO. The zero-order valence-corrected chi connectivity index (χ0v) is 11.2. The van der Waals surface area contributed by atoms with Gasteiger partial charge in [-0.25, -0.2) is 0 Å². The van der Waals surface area contributed by atoms with Gasteiger partial charge < -0.3 is 4.74 Å². The lowest BCUT2D eigenvalue weighted by Crippen LogP contribution is -2.10. The van der Waals surface area contributed by atoms with E-state index < -0.39 is 0 Å². The molecule has 4 heteroatoms. The minimum atomic E-state index is 0.0962. The number of halogens is 2. The normalized spacial score (nSPS) is 12.7. The smallest absolute Gasteiger partial charge is 0.164 e. The van der Waals surface area contributed by atoms with E-state index in [1.165, 1.54) is 0 Å². The van der Waals surface area contributed by atoms with Crippen molar-refractivity contribution in [1.29, 1.82) is 0 Å². The van der Waals surface area contributed by atoms with Crippen molar-refractivity contribution in [3.05, 3.63) is 34.4 Å². The van der Waals surface area contributed by atoms with Crippen molar-refractivity contribution in [2.45, 2.75) is 26.4 Å². The van der Waals surface area contributed by atoms with Gasteiger partial charge in [-0.2, -0.15) is 0 Å². The summed E-state index contributed by atoms with van der Waals surface area (Å²) in [6.07, 6.45) is 2.71. The highest BCUT2D eigenvalue weighted by atomic mass is 35.5. The van der Waals surface area contributed by atoms with Crippen LogP contribution in [0.1, 0.15) is 20.3 Å². The molecule has 1 aromatic heterocycles. The first-order valence-corrected chi connectivity index (χ1v) is 6.28. The third kappa shape index (κ3) is 2.48. The molecule has 0 saturated carbocycles. The van der Waals surface area contributed by atoms with E-state index in [-0.39, 0.29) is 6.10 Å². The topological polar surface area (TPSA) is 22.1 Å². The van der Waals surface area contributed by atoms with Crippen molar-refractivity contribution in [3.63, 3.8) is 0 Å². The Balaban J connectivity index is 2.61. The number of hydrogen-bond acceptors (Lipinski definition) is 2. The van der Waals surface area contributed by atoms with E-state index in [0.717, 1.165) is 11.8 Å². The van der Waals surface area contributed by atoms with Gasteiger partial charge in [0.2, 0.25) is 0 Å². The van der Waals surface area contributed by atoms with Gasteiger partial charge in [-0.05, 0) is 31.5 Å². The summed E-state index contributed by atoms with van der Waals surface area (Å²) < 4.78 is 5.81. The summed E-state index contributed by atoms with van der Waals surface area (Å²) in [7, 11) is 0. The van der Waals surface area contributed by atoms with Crippen LogP contribution in [-0.4, -0.2) is 11.1 Å². The molecule has 0 radical (unpaired) electrons. The highest BCUT2D eigenvalue weighted by Gasteiger charge is 2.14. The van der Waals surface area contributed by atoms with Crippen LogP contribution >= 0.6 is 23.2 Å². The first kappa shape index (κ1) is 12.5. The Hall–Kier alpha value is -0.990. The molecule has 2 aromatic rings. The van der Waals surface area contributed by atoms with E-state index in [1.807, 2.05) is 19.1 Å². The molecule has 0 aliphatic heterocycles. The molecule has 2 nitrogen and oxygen atoms in total. The lowest BCUT2D eigenvalue weighted by atomic mass is 10.2. The molecule has 17 heavy (non-hydrogen) atoms. The number of nitrogens with zero attached hydrogens (tertiary/aromatic N) is 1. The van der Waals surface area contributed by atoms with Gasteiger partial charge in [-0.15, -0.1) is 0 Å². The molecule has 0 amide bonds. The standard InChI is InChI=1S/C13H13Cl2NO/c1-3-8(2)17-13-11(15)7-10(14)9-5-4-6-16-12(9)13/h4-8H,3H2,1-2H3/t8-/m1/s1. The van der Waals surface area contributed by atoms with Crippen molar-refractivity contribution in [3.8, 4) is 5.75 Å². The van der Waals surface area contributed by atoms with Crippen molar-refractivity contribution < 1.29 is 4.74 Å². The first-order valence-electron chi connectivity index (χ1n) is 5.52. The summed E-state index contributed by atoms with van der Waals surface area (Å²) >= 11 is 12.3. The summed E-state index contributed by atoms with van der Waals surface area (Å²) in [5.74, 6) is 0.612. The van der Waals surface area contributed by atoms with Crippen molar-refractivity contribution in [2.24, 2.45) is 0 Å². The molecule has 0 spiro atoms. The predicted molar refractivity (Wildman–Crippen MR) is 72.1 cm³/mol. The maximum atomic E-state index is 6.16. The van der Waals surface area contributed by atoms with E-state index in [0.29, 0.717) is 21.3 Å². The molecule has 0 aliphatic carbocycles. The summed E-state index contributed by atoms with van der Waals surface area (Å²) in [5.41, 5.74) is 0.713. The van der Waals surface area contributed by atoms with Crippen LogP contribution < -0.4 is 4.74 Å². The van der Waals surface area contributed by atoms with Crippen LogP contribution in [0.4, 0.5) is 0 Å². The average molecular weight is 270 g/mol. The van der Waals surface area contributed by atoms with Crippen molar-refractivity contribution in [2.75, 3.05) is 0 Å². The van der Waals surface area contributed by atoms with Gasteiger partial charge in [0.15, 0.2) is 5.75 Å². The minimum Gasteiger partial charge on any atom is -0.487 e. The Morgan fingerprint density at radius 1 is 1.35 bits per heavy atom. The van der Waals surface area contributed by atoms with Gasteiger partial charge in [0.05, 0.1) is 16.1 Å². The fraction of sp³-hybridized carbons (Fsp3) is 0.308. The molecule has 0 bridgehead atoms. The van der Waals surface area contributed by atoms with Crippen LogP contribution in [0.5, 0.6) is 5.75 Å². The van der Waals surface area contributed by atoms with Crippen LogP contribution in [0.2, 0.25) is 10.0 Å². The molecule has 1 heterocycles. The van der Waals surface area contributed by atoms with Gasteiger partial charge >= 0.3 is 0 Å². The second kappa shape index (κ2) is 5.11. The molecule has 1 aromatic carbocycles. The second-order valence-corrected chi connectivity index (χ2v) is 4.72. The minimum absolute atomic E-state index is 0.0962. The summed E-state index contributed by atoms with van der Waals surface area (Å²) in [6.45, 7) is 4.06. The van der Waals surface area contributed by atoms with Gasteiger partial charge in [0.1, 0.15) is 5.52 Å². The number of benzene rings is 1. The second-order valence-electron chi connectivity index (χ2n) is 3.91. The molecule has 0 N–H and O–H groups in total. The summed E-state index contributed by atoms with van der Waals surface area (Å²) in [4.78, 5) is 4.30. The maximum Gasteiger partial charge on any atom is 0.164 e. The fourth-order valence-corrected chi connectivity index (χ4v) is 2.10. The van der Waals surface area contributed by atoms with E-state index in [2.05, 4.69) is 11.9 Å². The predicted octanol–water partition coefficient (Wildman–Crippen LogP) is 4.72. The van der Waals surface area contributed by atoms with Crippen LogP contribution in [0.3, 0.4) is 0 Å². The number of pyridine rings is 1. The Labute approximate surface area is 111 Å². The van der Waals surface area contributed by atoms with E-state index in [1.54, 1.807) is 12.3 Å². The van der Waals surface area contributed by atoms with Gasteiger partial charge in [-0.3, -0.25) is 4.98 Å². The van der Waals surface area contributed by atoms with Crippen LogP contribution in [0, 0.1) is 0 Å². The quantitative estimate of drug-likeness (QED) is 0.805. The van der Waals surface area contributed by atoms with Gasteiger partial charge in [-0.1, -0.05) is 30.1 Å². The molecule has 0 fully saturated rings. The summed E-state index contributed by atoms with van der Waals surface area (Å²) in [5, 5.41) is 1.95. The first-order chi connectivity index (χ1) is 8.13. The largest absolute Gasteiger partial charge is 0.487 e. The van der Waals surface area contributed by atoms with Crippen molar-refractivity contribution in [1.82, 2.24) is 4.98 Å².